The molecule has 2 amide bonds. The van der Waals surface area contributed by atoms with Crippen molar-refractivity contribution in [3.05, 3.63) is 47.7 Å². The normalized spacial score (nSPS) is 12.8. The number of aromatic nitrogens is 3. The van der Waals surface area contributed by atoms with E-state index < -0.39 is 31.7 Å². The summed E-state index contributed by atoms with van der Waals surface area (Å²) in [4.78, 5) is 36.4. The molecule has 232 valence electrons. The van der Waals surface area contributed by atoms with E-state index in [1.807, 2.05) is 17.4 Å². The van der Waals surface area contributed by atoms with E-state index in [9.17, 15) is 14.0 Å². The molecule has 0 fully saturated rings. The van der Waals surface area contributed by atoms with Gasteiger partial charge in [0.1, 0.15) is 42.7 Å². The summed E-state index contributed by atoms with van der Waals surface area (Å²) in [7, 11) is -0.602. The Hall–Kier alpha value is -3.71. The van der Waals surface area contributed by atoms with Crippen LogP contribution < -0.4 is 5.32 Å². The molecule has 1 N–H and O–H groups in total. The first-order valence-electron chi connectivity index (χ1n) is 14.8. The molecular formula is C33H46FN5O3Si. The molecular weight excluding hydrogens is 561 g/mol. The van der Waals surface area contributed by atoms with Gasteiger partial charge in [-0.25, -0.2) is 19.2 Å². The number of ether oxygens (including phenoxy) is 1. The highest BCUT2D eigenvalue weighted by Gasteiger charge is 2.41. The summed E-state index contributed by atoms with van der Waals surface area (Å²) in [6, 6.07) is 5.53. The van der Waals surface area contributed by atoms with Gasteiger partial charge in [0.05, 0.1) is 11.4 Å². The van der Waals surface area contributed by atoms with Gasteiger partial charge < -0.3 is 10.1 Å². The smallest absolute Gasteiger partial charge is 0.410 e. The second-order valence-electron chi connectivity index (χ2n) is 13.1. The van der Waals surface area contributed by atoms with Crippen molar-refractivity contribution >= 4 is 31.5 Å². The third-order valence-corrected chi connectivity index (χ3v) is 14.4. The van der Waals surface area contributed by atoms with Crippen molar-refractivity contribution in [2.45, 2.75) is 104 Å². The Bertz CT molecular complexity index is 1540. The number of carbonyl (C=O) groups is 2. The first-order chi connectivity index (χ1) is 19.9. The first-order valence-corrected chi connectivity index (χ1v) is 17.1. The molecule has 0 aliphatic heterocycles. The molecule has 10 heteroatoms. The minimum atomic E-state index is -2.13. The van der Waals surface area contributed by atoms with Crippen molar-refractivity contribution in [3.63, 3.8) is 0 Å². The second kappa shape index (κ2) is 12.9. The standard InChI is InChI=1S/C33H46FN5O3Si/c1-20(2)43(21(3)4,22(5)6)18-16-27-26(30-23(7)35-29-19-25(34)15-17-39(29)30)13-14-28(36-27)37-31(40)24(8)38(12)32(41)42-33(9,10)11/h13-15,17,19-22,24H,1-12H3,(H,36,37,40). The van der Waals surface area contributed by atoms with E-state index in [0.29, 0.717) is 39.5 Å². The van der Waals surface area contributed by atoms with Crippen LogP contribution in [0.5, 0.6) is 0 Å². The molecule has 1 atom stereocenters. The predicted molar refractivity (Wildman–Crippen MR) is 173 cm³/mol. The van der Waals surface area contributed by atoms with Gasteiger partial charge in [0.2, 0.25) is 5.91 Å². The summed E-state index contributed by atoms with van der Waals surface area (Å²) in [5.41, 5.74) is 7.48. The number of nitrogens with zero attached hydrogens (tertiary/aromatic N) is 4. The second-order valence-corrected chi connectivity index (χ2v) is 18.7. The largest absolute Gasteiger partial charge is 0.444 e. The minimum Gasteiger partial charge on any atom is -0.444 e. The van der Waals surface area contributed by atoms with Crippen molar-refractivity contribution in [2.24, 2.45) is 0 Å². The number of hydrogen-bond donors (Lipinski definition) is 1. The lowest BCUT2D eigenvalue weighted by Crippen LogP contribution is -2.45. The average molecular weight is 608 g/mol. The van der Waals surface area contributed by atoms with Crippen molar-refractivity contribution in [2.75, 3.05) is 12.4 Å². The van der Waals surface area contributed by atoms with Crippen LogP contribution in [0, 0.1) is 24.2 Å². The molecule has 0 saturated heterocycles. The van der Waals surface area contributed by atoms with E-state index in [1.54, 1.807) is 40.0 Å². The molecule has 1 unspecified atom stereocenters. The summed E-state index contributed by atoms with van der Waals surface area (Å²) >= 11 is 0. The average Bonchev–Trinajstić information content (AvgIpc) is 3.21. The van der Waals surface area contributed by atoms with Gasteiger partial charge >= 0.3 is 6.09 Å². The number of aryl methyl sites for hydroxylation is 1. The van der Waals surface area contributed by atoms with Crippen molar-refractivity contribution in [1.29, 1.82) is 0 Å². The van der Waals surface area contributed by atoms with E-state index in [4.69, 9.17) is 9.72 Å². The molecule has 0 bridgehead atoms. The molecule has 0 aliphatic carbocycles. The number of imidazole rings is 1. The molecule has 0 saturated carbocycles. The fourth-order valence-corrected chi connectivity index (χ4v) is 11.0. The lowest BCUT2D eigenvalue weighted by Gasteiger charge is -2.38. The number of pyridine rings is 2. The molecule has 3 aromatic rings. The lowest BCUT2D eigenvalue weighted by atomic mass is 10.1. The fourth-order valence-electron chi connectivity index (χ4n) is 5.78. The fraction of sp³-hybridized carbons (Fsp3) is 0.515. The third-order valence-electron chi connectivity index (χ3n) is 8.07. The number of amides is 2. The maximum absolute atomic E-state index is 14.0. The molecule has 0 aliphatic rings. The summed E-state index contributed by atoms with van der Waals surface area (Å²) in [5.74, 6) is 2.98. The van der Waals surface area contributed by atoms with Crippen LogP contribution in [-0.4, -0.2) is 58.0 Å². The molecule has 3 heterocycles. The number of likely N-dealkylation sites (N-methyl/N-ethyl adjacent to an activating group) is 1. The van der Waals surface area contributed by atoms with Crippen LogP contribution in [-0.2, 0) is 9.53 Å². The molecule has 0 spiro atoms. The van der Waals surface area contributed by atoms with Crippen molar-refractivity contribution < 1.29 is 18.7 Å². The maximum Gasteiger partial charge on any atom is 0.410 e. The van der Waals surface area contributed by atoms with E-state index in [0.717, 1.165) is 11.3 Å². The molecule has 0 radical (unpaired) electrons. The number of nitrogens with one attached hydrogen (secondary N) is 1. The van der Waals surface area contributed by atoms with Crippen LogP contribution in [0.25, 0.3) is 16.9 Å². The van der Waals surface area contributed by atoms with E-state index >= 15 is 0 Å². The summed E-state index contributed by atoms with van der Waals surface area (Å²) < 4.78 is 21.3. The Morgan fingerprint density at radius 3 is 2.19 bits per heavy atom. The zero-order valence-corrected chi connectivity index (χ0v) is 28.6. The van der Waals surface area contributed by atoms with Gasteiger partial charge in [0.25, 0.3) is 0 Å². The number of hydrogen-bond acceptors (Lipinski definition) is 5. The van der Waals surface area contributed by atoms with E-state index in [-0.39, 0.29) is 5.82 Å². The van der Waals surface area contributed by atoms with Gasteiger partial charge in [-0.1, -0.05) is 47.5 Å². The number of halogens is 1. The zero-order valence-electron chi connectivity index (χ0n) is 27.6. The molecule has 3 rings (SSSR count). The topological polar surface area (TPSA) is 88.8 Å². The Morgan fingerprint density at radius 1 is 1.02 bits per heavy atom. The quantitative estimate of drug-likeness (QED) is 0.221. The number of anilines is 1. The highest BCUT2D eigenvalue weighted by molar-refractivity contribution is 6.90. The Kier molecular flexibility index (Phi) is 10.1. The summed E-state index contributed by atoms with van der Waals surface area (Å²) in [6.07, 6.45) is 1.05. The minimum absolute atomic E-state index is 0.311. The Labute approximate surface area is 256 Å². The van der Waals surface area contributed by atoms with Crippen LogP contribution in [0.4, 0.5) is 15.0 Å². The zero-order chi connectivity index (χ0) is 32.4. The van der Waals surface area contributed by atoms with Crippen LogP contribution in [0.2, 0.25) is 16.6 Å². The molecule has 0 aromatic carbocycles. The van der Waals surface area contributed by atoms with Gasteiger partial charge in [-0.3, -0.25) is 14.1 Å². The van der Waals surface area contributed by atoms with Crippen LogP contribution in [0.1, 0.15) is 80.6 Å². The maximum atomic E-state index is 14.0. The first kappa shape index (κ1) is 33.8. The molecule has 8 nitrogen and oxygen atoms in total. The van der Waals surface area contributed by atoms with E-state index in [2.05, 4.69) is 63.3 Å². The highest BCUT2D eigenvalue weighted by Crippen LogP contribution is 2.41. The van der Waals surface area contributed by atoms with Crippen LogP contribution in [0.15, 0.2) is 30.5 Å². The SMILES string of the molecule is Cc1nc2cc(F)ccn2c1-c1ccc(NC(=O)C(C)N(C)C(=O)OC(C)(C)C)nc1C#C[Si](C(C)C)(C(C)C)C(C)C. The van der Waals surface area contributed by atoms with Crippen molar-refractivity contribution in [3.8, 4) is 22.7 Å². The monoisotopic (exact) mass is 607 g/mol. The van der Waals surface area contributed by atoms with E-state index in [1.165, 1.54) is 24.1 Å². The van der Waals surface area contributed by atoms with Crippen molar-refractivity contribution in [1.82, 2.24) is 19.3 Å². The van der Waals surface area contributed by atoms with Gasteiger partial charge in [-0.2, -0.15) is 0 Å². The highest BCUT2D eigenvalue weighted by atomic mass is 28.3. The number of rotatable bonds is 7. The third kappa shape index (κ3) is 7.27. The Morgan fingerprint density at radius 2 is 1.63 bits per heavy atom. The summed E-state index contributed by atoms with van der Waals surface area (Å²) in [5, 5.41) is 2.85. The van der Waals surface area contributed by atoms with Crippen LogP contribution in [0.3, 0.4) is 0 Å². The lowest BCUT2D eigenvalue weighted by molar-refractivity contribution is -0.120. The Balaban J connectivity index is 2.13. The predicted octanol–water partition coefficient (Wildman–Crippen LogP) is 7.61. The molecule has 3 aromatic heterocycles. The number of fused-ring (bicyclic) bond motifs is 1. The molecule has 43 heavy (non-hydrogen) atoms. The van der Waals surface area contributed by atoms with Crippen LogP contribution >= 0.6 is 0 Å². The number of carbonyl (C=O) groups excluding carboxylic acids is 2. The van der Waals surface area contributed by atoms with Gasteiger partial charge in [-0.15, -0.1) is 5.54 Å². The van der Waals surface area contributed by atoms with Gasteiger partial charge in [0, 0.05) is 24.9 Å². The van der Waals surface area contributed by atoms with Gasteiger partial charge in [0.15, 0.2) is 0 Å². The van der Waals surface area contributed by atoms with Gasteiger partial charge in [-0.05, 0) is 69.4 Å². The summed E-state index contributed by atoms with van der Waals surface area (Å²) in [6.45, 7) is 22.3.